The average Bonchev–Trinajstić information content (AvgIpc) is 2.48. The fourth-order valence-electron chi connectivity index (χ4n) is 2.10. The molecule has 1 unspecified atom stereocenters. The Kier molecular flexibility index (Phi) is 6.10. The minimum absolute atomic E-state index is 0.108. The third kappa shape index (κ3) is 3.85. The molecule has 0 aliphatic carbocycles. The standard InChI is InChI=1S/C15H24N2O4S/c1-10-7-13(15(18)17(5)11(2)9-21-6)8-14(12(10)3)22(19,20)16-4/h7-8,11,16H,9H2,1-6H3. The van der Waals surface area contributed by atoms with Crippen molar-refractivity contribution in [2.24, 2.45) is 0 Å². The van der Waals surface area contributed by atoms with Crippen LogP contribution in [0.5, 0.6) is 0 Å². The highest BCUT2D eigenvalue weighted by molar-refractivity contribution is 7.89. The minimum Gasteiger partial charge on any atom is -0.383 e. The molecule has 0 aliphatic rings. The van der Waals surface area contributed by atoms with Gasteiger partial charge in [0.25, 0.3) is 5.91 Å². The highest BCUT2D eigenvalue weighted by Gasteiger charge is 2.22. The number of carbonyl (C=O) groups is 1. The second-order valence-electron chi connectivity index (χ2n) is 5.34. The number of amides is 1. The van der Waals surface area contributed by atoms with E-state index in [0.717, 1.165) is 5.56 Å². The zero-order valence-corrected chi connectivity index (χ0v) is 14.7. The molecular formula is C15H24N2O4S. The van der Waals surface area contributed by atoms with Crippen LogP contribution < -0.4 is 4.72 Å². The van der Waals surface area contributed by atoms with Crippen LogP contribution in [0.25, 0.3) is 0 Å². The summed E-state index contributed by atoms with van der Waals surface area (Å²) in [6, 6.07) is 3.03. The van der Waals surface area contributed by atoms with Gasteiger partial charge in [0.1, 0.15) is 0 Å². The molecule has 124 valence electrons. The van der Waals surface area contributed by atoms with Gasteiger partial charge in [-0.05, 0) is 51.1 Å². The number of aryl methyl sites for hydroxylation is 1. The van der Waals surface area contributed by atoms with Crippen LogP contribution in [0.1, 0.15) is 28.4 Å². The predicted octanol–water partition coefficient (Wildman–Crippen LogP) is 1.32. The molecule has 0 aromatic heterocycles. The second kappa shape index (κ2) is 7.21. The van der Waals surface area contributed by atoms with Crippen molar-refractivity contribution in [3.63, 3.8) is 0 Å². The molecule has 7 heteroatoms. The summed E-state index contributed by atoms with van der Waals surface area (Å²) in [4.78, 5) is 14.2. The summed E-state index contributed by atoms with van der Waals surface area (Å²) in [6.07, 6.45) is 0. The topological polar surface area (TPSA) is 75.7 Å². The van der Waals surface area contributed by atoms with E-state index in [2.05, 4.69) is 4.72 Å². The molecule has 0 radical (unpaired) electrons. The van der Waals surface area contributed by atoms with Gasteiger partial charge in [-0.15, -0.1) is 0 Å². The molecule has 0 fully saturated rings. The Morgan fingerprint density at radius 2 is 1.95 bits per heavy atom. The van der Waals surface area contributed by atoms with Crippen molar-refractivity contribution in [2.45, 2.75) is 31.7 Å². The minimum atomic E-state index is -3.61. The van der Waals surface area contributed by atoms with Crippen molar-refractivity contribution in [3.05, 3.63) is 28.8 Å². The third-order valence-electron chi connectivity index (χ3n) is 3.81. The Hall–Kier alpha value is -1.44. The fraction of sp³-hybridized carbons (Fsp3) is 0.533. The van der Waals surface area contributed by atoms with Gasteiger partial charge in [-0.3, -0.25) is 4.79 Å². The van der Waals surface area contributed by atoms with Crippen LogP contribution in [-0.2, 0) is 14.8 Å². The van der Waals surface area contributed by atoms with Crippen LogP contribution >= 0.6 is 0 Å². The zero-order valence-electron chi connectivity index (χ0n) is 13.9. The molecule has 6 nitrogen and oxygen atoms in total. The SMILES string of the molecule is CNS(=O)(=O)c1cc(C(=O)N(C)C(C)COC)cc(C)c1C. The highest BCUT2D eigenvalue weighted by atomic mass is 32.2. The van der Waals surface area contributed by atoms with E-state index < -0.39 is 10.0 Å². The first-order valence-electron chi connectivity index (χ1n) is 6.96. The number of sulfonamides is 1. The van der Waals surface area contributed by atoms with Crippen LogP contribution in [0, 0.1) is 13.8 Å². The normalized spacial score (nSPS) is 13.0. The molecule has 0 saturated carbocycles. The van der Waals surface area contributed by atoms with Crippen molar-refractivity contribution < 1.29 is 17.9 Å². The number of benzene rings is 1. The van der Waals surface area contributed by atoms with Gasteiger partial charge in [0.05, 0.1) is 17.5 Å². The molecule has 0 bridgehead atoms. The molecule has 1 rings (SSSR count). The lowest BCUT2D eigenvalue weighted by atomic mass is 10.0. The van der Waals surface area contributed by atoms with E-state index in [9.17, 15) is 13.2 Å². The van der Waals surface area contributed by atoms with E-state index in [4.69, 9.17) is 4.74 Å². The van der Waals surface area contributed by atoms with Crippen molar-refractivity contribution in [1.82, 2.24) is 9.62 Å². The smallest absolute Gasteiger partial charge is 0.253 e. The summed E-state index contributed by atoms with van der Waals surface area (Å²) < 4.78 is 31.5. The monoisotopic (exact) mass is 328 g/mol. The molecule has 1 N–H and O–H groups in total. The number of rotatable bonds is 6. The number of ether oxygens (including phenoxy) is 1. The first kappa shape index (κ1) is 18.6. The van der Waals surface area contributed by atoms with Crippen LogP contribution in [0.15, 0.2) is 17.0 Å². The largest absolute Gasteiger partial charge is 0.383 e. The summed E-state index contributed by atoms with van der Waals surface area (Å²) in [6.45, 7) is 5.80. The van der Waals surface area contributed by atoms with Crippen molar-refractivity contribution in [2.75, 3.05) is 27.8 Å². The van der Waals surface area contributed by atoms with E-state index >= 15 is 0 Å². The van der Waals surface area contributed by atoms with Gasteiger partial charge in [0.15, 0.2) is 0 Å². The number of methoxy groups -OCH3 is 1. The first-order chi connectivity index (χ1) is 10.2. The highest BCUT2D eigenvalue weighted by Crippen LogP contribution is 2.22. The van der Waals surface area contributed by atoms with Gasteiger partial charge in [-0.25, -0.2) is 13.1 Å². The lowest BCUT2D eigenvalue weighted by Gasteiger charge is -2.25. The van der Waals surface area contributed by atoms with Gasteiger partial charge >= 0.3 is 0 Å². The zero-order chi connectivity index (χ0) is 17.1. The Morgan fingerprint density at radius 1 is 1.36 bits per heavy atom. The van der Waals surface area contributed by atoms with E-state index in [1.165, 1.54) is 13.1 Å². The molecule has 1 atom stereocenters. The molecule has 0 heterocycles. The summed E-state index contributed by atoms with van der Waals surface area (Å²) in [7, 11) is 0.990. The van der Waals surface area contributed by atoms with E-state index in [1.54, 1.807) is 39.0 Å². The van der Waals surface area contributed by atoms with Crippen LogP contribution in [0.2, 0.25) is 0 Å². The van der Waals surface area contributed by atoms with Gasteiger partial charge in [0, 0.05) is 19.7 Å². The summed E-state index contributed by atoms with van der Waals surface area (Å²) in [5.74, 6) is -0.236. The molecule has 22 heavy (non-hydrogen) atoms. The predicted molar refractivity (Wildman–Crippen MR) is 85.6 cm³/mol. The Balaban J connectivity index is 3.30. The van der Waals surface area contributed by atoms with Crippen LogP contribution in [0.3, 0.4) is 0 Å². The molecule has 0 aliphatic heterocycles. The van der Waals surface area contributed by atoms with Crippen LogP contribution in [0.4, 0.5) is 0 Å². The van der Waals surface area contributed by atoms with E-state index in [1.807, 2.05) is 6.92 Å². The van der Waals surface area contributed by atoms with E-state index in [-0.39, 0.29) is 16.8 Å². The number of likely N-dealkylation sites (N-methyl/N-ethyl adjacent to an activating group) is 1. The summed E-state index contributed by atoms with van der Waals surface area (Å²) in [5.41, 5.74) is 1.74. The molecular weight excluding hydrogens is 304 g/mol. The van der Waals surface area contributed by atoms with Gasteiger partial charge in [0.2, 0.25) is 10.0 Å². The molecule has 0 saturated heterocycles. The maximum absolute atomic E-state index is 12.5. The van der Waals surface area contributed by atoms with Crippen molar-refractivity contribution in [3.8, 4) is 0 Å². The van der Waals surface area contributed by atoms with Gasteiger partial charge in [-0.2, -0.15) is 0 Å². The van der Waals surface area contributed by atoms with Gasteiger partial charge < -0.3 is 9.64 Å². The van der Waals surface area contributed by atoms with Crippen molar-refractivity contribution >= 4 is 15.9 Å². The van der Waals surface area contributed by atoms with Gasteiger partial charge in [-0.1, -0.05) is 0 Å². The lowest BCUT2D eigenvalue weighted by Crippen LogP contribution is -2.38. The molecule has 1 amide bonds. The quantitative estimate of drug-likeness (QED) is 0.854. The van der Waals surface area contributed by atoms with Crippen LogP contribution in [-0.4, -0.2) is 53.1 Å². The number of hydrogen-bond acceptors (Lipinski definition) is 4. The maximum atomic E-state index is 12.5. The number of nitrogens with one attached hydrogen (secondary N) is 1. The molecule has 1 aromatic rings. The Labute approximate surface area is 132 Å². The second-order valence-corrected chi connectivity index (χ2v) is 7.20. The number of nitrogens with zero attached hydrogens (tertiary/aromatic N) is 1. The Morgan fingerprint density at radius 3 is 2.45 bits per heavy atom. The van der Waals surface area contributed by atoms with E-state index in [0.29, 0.717) is 17.7 Å². The Bertz CT molecular complexity index is 656. The first-order valence-corrected chi connectivity index (χ1v) is 8.45. The summed E-state index contributed by atoms with van der Waals surface area (Å²) >= 11 is 0. The molecule has 1 aromatic carbocycles. The third-order valence-corrected chi connectivity index (χ3v) is 5.35. The lowest BCUT2D eigenvalue weighted by molar-refractivity contribution is 0.0633. The molecule has 0 spiro atoms. The summed E-state index contributed by atoms with van der Waals surface area (Å²) in [5, 5.41) is 0. The number of hydrogen-bond donors (Lipinski definition) is 1. The maximum Gasteiger partial charge on any atom is 0.253 e. The fourth-order valence-corrected chi connectivity index (χ4v) is 3.16. The average molecular weight is 328 g/mol. The van der Waals surface area contributed by atoms with Crippen molar-refractivity contribution in [1.29, 1.82) is 0 Å². The number of carbonyl (C=O) groups excluding carboxylic acids is 1.